The fourth-order valence-electron chi connectivity index (χ4n) is 1.37. The first-order chi connectivity index (χ1) is 9.32. The Labute approximate surface area is 113 Å². The Morgan fingerprint density at radius 1 is 1.45 bits per heavy atom. The van der Waals surface area contributed by atoms with Gasteiger partial charge < -0.3 is 15.8 Å². The molecule has 0 radical (unpaired) electrons. The van der Waals surface area contributed by atoms with E-state index in [0.29, 0.717) is 13.0 Å². The number of rotatable bonds is 6. The highest BCUT2D eigenvalue weighted by molar-refractivity contribution is 5.69. The Morgan fingerprint density at radius 3 is 2.75 bits per heavy atom. The van der Waals surface area contributed by atoms with Gasteiger partial charge >= 0.3 is 12.1 Å². The Hall–Kier alpha value is -2.06. The minimum atomic E-state index is -4.66. The average Bonchev–Trinajstić information content (AvgIpc) is 2.33. The van der Waals surface area contributed by atoms with E-state index < -0.39 is 12.0 Å². The first kappa shape index (κ1) is 16.0. The first-order valence-electron chi connectivity index (χ1n) is 5.94. The second-order valence-corrected chi connectivity index (χ2v) is 3.83. The van der Waals surface area contributed by atoms with Crippen LogP contribution in [-0.4, -0.2) is 29.1 Å². The molecule has 112 valence electrons. The van der Waals surface area contributed by atoms with Crippen LogP contribution >= 0.6 is 0 Å². The van der Waals surface area contributed by atoms with Crippen LogP contribution in [0.3, 0.4) is 0 Å². The zero-order chi connectivity index (χ0) is 15.2. The van der Waals surface area contributed by atoms with Crippen molar-refractivity contribution < 1.29 is 22.7 Å². The smallest absolute Gasteiger partial charge is 0.451 e. The summed E-state index contributed by atoms with van der Waals surface area (Å²) in [6.45, 7) is 2.26. The third-order valence-electron chi connectivity index (χ3n) is 2.17. The molecule has 0 unspecified atom stereocenters. The number of alkyl halides is 3. The van der Waals surface area contributed by atoms with Crippen LogP contribution in [0.15, 0.2) is 6.07 Å². The lowest BCUT2D eigenvalue weighted by Crippen LogP contribution is -2.15. The van der Waals surface area contributed by atoms with Crippen LogP contribution in [0, 0.1) is 0 Å². The van der Waals surface area contributed by atoms with Crippen molar-refractivity contribution in [3.8, 4) is 0 Å². The van der Waals surface area contributed by atoms with Crippen molar-refractivity contribution in [2.45, 2.75) is 25.9 Å². The number of anilines is 2. The molecule has 0 aliphatic rings. The molecule has 0 bridgehead atoms. The molecule has 3 N–H and O–H groups in total. The number of aromatic nitrogens is 2. The Morgan fingerprint density at radius 2 is 2.15 bits per heavy atom. The van der Waals surface area contributed by atoms with E-state index >= 15 is 0 Å². The normalized spacial score (nSPS) is 11.2. The van der Waals surface area contributed by atoms with Crippen molar-refractivity contribution in [2.24, 2.45) is 0 Å². The van der Waals surface area contributed by atoms with E-state index in [9.17, 15) is 18.0 Å². The quantitative estimate of drug-likeness (QED) is 0.614. The fraction of sp³-hybridized carbons (Fsp3) is 0.545. The van der Waals surface area contributed by atoms with Crippen LogP contribution in [-0.2, 0) is 15.7 Å². The van der Waals surface area contributed by atoms with Crippen LogP contribution in [0.2, 0.25) is 0 Å². The SMILES string of the molecule is CCOC(=O)CCCNc1cc(N)nc(C(F)(F)F)n1. The van der Waals surface area contributed by atoms with Gasteiger partial charge in [-0.25, -0.2) is 9.97 Å². The van der Waals surface area contributed by atoms with Crippen molar-refractivity contribution >= 4 is 17.6 Å². The summed E-state index contributed by atoms with van der Waals surface area (Å²) in [6.07, 6.45) is -4.08. The number of esters is 1. The molecule has 9 heteroatoms. The number of hydrogen-bond donors (Lipinski definition) is 2. The highest BCUT2D eigenvalue weighted by atomic mass is 19.4. The van der Waals surface area contributed by atoms with Crippen LogP contribution in [0.25, 0.3) is 0 Å². The van der Waals surface area contributed by atoms with Crippen molar-refractivity contribution in [3.63, 3.8) is 0 Å². The summed E-state index contributed by atoms with van der Waals surface area (Å²) in [7, 11) is 0. The summed E-state index contributed by atoms with van der Waals surface area (Å²) in [5.74, 6) is -1.97. The van der Waals surface area contributed by atoms with Gasteiger partial charge in [-0.2, -0.15) is 13.2 Å². The summed E-state index contributed by atoms with van der Waals surface area (Å²) in [5, 5.41) is 2.66. The van der Waals surface area contributed by atoms with E-state index in [4.69, 9.17) is 10.5 Å². The predicted octanol–water partition coefficient (Wildman–Crippen LogP) is 1.83. The van der Waals surface area contributed by atoms with Crippen molar-refractivity contribution in [2.75, 3.05) is 24.2 Å². The maximum absolute atomic E-state index is 12.5. The third-order valence-corrected chi connectivity index (χ3v) is 2.17. The molecule has 0 aliphatic heterocycles. The minimum absolute atomic E-state index is 0.0336. The predicted molar refractivity (Wildman–Crippen MR) is 65.8 cm³/mol. The van der Waals surface area contributed by atoms with Crippen LogP contribution < -0.4 is 11.1 Å². The zero-order valence-electron chi connectivity index (χ0n) is 10.8. The standard InChI is InChI=1S/C11H15F3N4O2/c1-2-20-9(19)4-3-5-16-8-6-7(15)17-10(18-8)11(12,13)14/h6H,2-5H2,1H3,(H3,15,16,17,18). The Balaban J connectivity index is 2.52. The molecule has 20 heavy (non-hydrogen) atoms. The number of ether oxygens (including phenoxy) is 1. The van der Waals surface area contributed by atoms with Gasteiger partial charge in [0.1, 0.15) is 11.6 Å². The molecule has 0 amide bonds. The minimum Gasteiger partial charge on any atom is -0.466 e. The molecular weight excluding hydrogens is 277 g/mol. The van der Waals surface area contributed by atoms with Crippen LogP contribution in [0.1, 0.15) is 25.6 Å². The largest absolute Gasteiger partial charge is 0.466 e. The molecule has 0 fully saturated rings. The summed E-state index contributed by atoms with van der Waals surface area (Å²) in [4.78, 5) is 17.5. The lowest BCUT2D eigenvalue weighted by molar-refractivity contribution is -0.145. The zero-order valence-corrected chi connectivity index (χ0v) is 10.8. The van der Waals surface area contributed by atoms with Gasteiger partial charge in [-0.15, -0.1) is 0 Å². The van der Waals surface area contributed by atoms with Crippen molar-refractivity contribution in [3.05, 3.63) is 11.9 Å². The van der Waals surface area contributed by atoms with Gasteiger partial charge in [0.15, 0.2) is 0 Å². The molecule has 0 aliphatic carbocycles. The molecule has 0 saturated heterocycles. The summed E-state index contributed by atoms with van der Waals surface area (Å²) < 4.78 is 42.1. The van der Waals surface area contributed by atoms with E-state index in [0.717, 1.165) is 0 Å². The topological polar surface area (TPSA) is 90.1 Å². The van der Waals surface area contributed by atoms with Crippen LogP contribution in [0.5, 0.6) is 0 Å². The Kier molecular flexibility index (Phi) is 5.53. The number of carbonyl (C=O) groups is 1. The molecule has 6 nitrogen and oxygen atoms in total. The molecule has 0 atom stereocenters. The molecule has 0 saturated carbocycles. The maximum Gasteiger partial charge on any atom is 0.451 e. The van der Waals surface area contributed by atoms with E-state index in [1.54, 1.807) is 6.92 Å². The van der Waals surface area contributed by atoms with Gasteiger partial charge in [0.2, 0.25) is 5.82 Å². The summed E-state index contributed by atoms with van der Waals surface area (Å²) in [6, 6.07) is 1.19. The molecule has 1 aromatic rings. The second-order valence-electron chi connectivity index (χ2n) is 3.83. The fourth-order valence-corrected chi connectivity index (χ4v) is 1.37. The molecule has 1 aromatic heterocycles. The van der Waals surface area contributed by atoms with E-state index in [1.165, 1.54) is 6.07 Å². The number of nitrogens with two attached hydrogens (primary N) is 1. The highest BCUT2D eigenvalue weighted by Crippen LogP contribution is 2.27. The first-order valence-corrected chi connectivity index (χ1v) is 5.94. The van der Waals surface area contributed by atoms with E-state index in [1.807, 2.05) is 0 Å². The van der Waals surface area contributed by atoms with Crippen molar-refractivity contribution in [1.82, 2.24) is 9.97 Å². The molecule has 1 heterocycles. The van der Waals surface area contributed by atoms with E-state index in [-0.39, 0.29) is 30.6 Å². The van der Waals surface area contributed by atoms with Gasteiger partial charge in [0, 0.05) is 19.0 Å². The monoisotopic (exact) mass is 292 g/mol. The lowest BCUT2D eigenvalue weighted by Gasteiger charge is -2.10. The molecule has 0 aromatic carbocycles. The summed E-state index contributed by atoms with van der Waals surface area (Å²) in [5.41, 5.74) is 5.28. The molecular formula is C11H15F3N4O2. The third kappa shape index (κ3) is 5.29. The van der Waals surface area contributed by atoms with Gasteiger partial charge in [-0.05, 0) is 13.3 Å². The molecule has 0 spiro atoms. The highest BCUT2D eigenvalue weighted by Gasteiger charge is 2.35. The number of nitrogens with one attached hydrogen (secondary N) is 1. The van der Waals surface area contributed by atoms with Gasteiger partial charge in [-0.1, -0.05) is 0 Å². The maximum atomic E-state index is 12.5. The second kappa shape index (κ2) is 6.92. The lowest BCUT2D eigenvalue weighted by atomic mass is 10.3. The summed E-state index contributed by atoms with van der Waals surface area (Å²) >= 11 is 0. The number of halogens is 3. The number of hydrogen-bond acceptors (Lipinski definition) is 6. The van der Waals surface area contributed by atoms with Gasteiger partial charge in [-0.3, -0.25) is 4.79 Å². The van der Waals surface area contributed by atoms with Gasteiger partial charge in [0.05, 0.1) is 6.61 Å². The van der Waals surface area contributed by atoms with Crippen LogP contribution in [0.4, 0.5) is 24.8 Å². The van der Waals surface area contributed by atoms with Crippen molar-refractivity contribution in [1.29, 1.82) is 0 Å². The van der Waals surface area contributed by atoms with E-state index in [2.05, 4.69) is 15.3 Å². The molecule has 1 rings (SSSR count). The van der Waals surface area contributed by atoms with Gasteiger partial charge in [0.25, 0.3) is 0 Å². The number of nitrogen functional groups attached to an aromatic ring is 1. The number of carbonyl (C=O) groups excluding carboxylic acids is 1. The average molecular weight is 292 g/mol. The number of nitrogens with zero attached hydrogens (tertiary/aromatic N) is 2. The Bertz CT molecular complexity index is 465.